The van der Waals surface area contributed by atoms with Gasteiger partial charge in [0.25, 0.3) is 0 Å². The van der Waals surface area contributed by atoms with Crippen LogP contribution >= 0.6 is 0 Å². The van der Waals surface area contributed by atoms with Gasteiger partial charge in [-0.3, -0.25) is 9.69 Å². The number of amides is 1. The topological polar surface area (TPSA) is 58.4 Å². The molecule has 0 aliphatic heterocycles. The molecule has 1 amide bonds. The van der Waals surface area contributed by atoms with Crippen molar-refractivity contribution in [3.8, 4) is 11.8 Å². The van der Waals surface area contributed by atoms with Crippen molar-refractivity contribution in [3.05, 3.63) is 35.4 Å². The first-order valence-electron chi connectivity index (χ1n) is 6.38. The molecule has 4 nitrogen and oxygen atoms in total. The lowest BCUT2D eigenvalue weighted by molar-refractivity contribution is -0.121. The summed E-state index contributed by atoms with van der Waals surface area (Å²) in [6.07, 6.45) is 0. The molecular weight excluding hydrogens is 238 g/mol. The number of nitrogens with zero attached hydrogens (tertiary/aromatic N) is 1. The lowest BCUT2D eigenvalue weighted by Gasteiger charge is -2.16. The van der Waals surface area contributed by atoms with Crippen LogP contribution in [0.25, 0.3) is 0 Å². The van der Waals surface area contributed by atoms with E-state index in [4.69, 9.17) is 5.73 Å². The molecule has 0 saturated heterocycles. The molecule has 0 aliphatic carbocycles. The van der Waals surface area contributed by atoms with Gasteiger partial charge in [0.15, 0.2) is 0 Å². The minimum atomic E-state index is 0.0513. The summed E-state index contributed by atoms with van der Waals surface area (Å²) in [5.74, 6) is 5.85. The molecule has 1 rings (SSSR count). The van der Waals surface area contributed by atoms with Crippen molar-refractivity contribution in [2.45, 2.75) is 13.5 Å². The molecule has 0 aliphatic rings. The van der Waals surface area contributed by atoms with Crippen LogP contribution in [0.2, 0.25) is 0 Å². The molecule has 0 unspecified atom stereocenters. The number of nitrogens with two attached hydrogens (primary N) is 1. The van der Waals surface area contributed by atoms with Crippen LogP contribution in [0, 0.1) is 11.8 Å². The molecule has 102 valence electrons. The lowest BCUT2D eigenvalue weighted by Crippen LogP contribution is -2.34. The summed E-state index contributed by atoms with van der Waals surface area (Å²) in [7, 11) is 1.93. The third kappa shape index (κ3) is 6.05. The lowest BCUT2D eigenvalue weighted by atomic mass is 10.1. The normalized spacial score (nSPS) is 9.89. The van der Waals surface area contributed by atoms with E-state index in [0.29, 0.717) is 19.6 Å². The van der Waals surface area contributed by atoms with Gasteiger partial charge in [-0.25, -0.2) is 0 Å². The van der Waals surface area contributed by atoms with Crippen LogP contribution in [0.1, 0.15) is 18.1 Å². The van der Waals surface area contributed by atoms with Crippen LogP contribution in [-0.2, 0) is 11.3 Å². The van der Waals surface area contributed by atoms with E-state index in [0.717, 1.165) is 17.7 Å². The predicted molar refractivity (Wildman–Crippen MR) is 77.4 cm³/mol. The van der Waals surface area contributed by atoms with Gasteiger partial charge in [0.2, 0.25) is 5.91 Å². The van der Waals surface area contributed by atoms with Gasteiger partial charge in [-0.05, 0) is 31.7 Å². The molecule has 0 spiro atoms. The molecule has 0 atom stereocenters. The Morgan fingerprint density at radius 2 is 2.05 bits per heavy atom. The molecule has 0 radical (unpaired) electrons. The first-order chi connectivity index (χ1) is 9.15. The monoisotopic (exact) mass is 259 g/mol. The first-order valence-corrected chi connectivity index (χ1v) is 6.38. The highest BCUT2D eigenvalue weighted by atomic mass is 16.1. The van der Waals surface area contributed by atoms with Crippen molar-refractivity contribution in [1.82, 2.24) is 10.2 Å². The Morgan fingerprint density at radius 1 is 1.37 bits per heavy atom. The van der Waals surface area contributed by atoms with E-state index in [-0.39, 0.29) is 5.91 Å². The fourth-order valence-corrected chi connectivity index (χ4v) is 1.71. The van der Waals surface area contributed by atoms with Crippen LogP contribution in [-0.4, -0.2) is 37.5 Å². The number of carbonyl (C=O) groups excluding carboxylic acids is 1. The summed E-state index contributed by atoms with van der Waals surface area (Å²) in [5.41, 5.74) is 7.44. The van der Waals surface area contributed by atoms with Gasteiger partial charge in [0.05, 0.1) is 13.1 Å². The number of carbonyl (C=O) groups is 1. The van der Waals surface area contributed by atoms with Crippen molar-refractivity contribution in [1.29, 1.82) is 0 Å². The van der Waals surface area contributed by atoms with E-state index in [1.807, 2.05) is 43.1 Å². The maximum absolute atomic E-state index is 11.4. The van der Waals surface area contributed by atoms with Crippen LogP contribution in [0.4, 0.5) is 0 Å². The number of likely N-dealkylation sites (N-methyl/N-ethyl adjacent to an activating group) is 2. The van der Waals surface area contributed by atoms with E-state index < -0.39 is 0 Å². The second-order valence-corrected chi connectivity index (χ2v) is 4.33. The molecule has 1 aromatic carbocycles. The second kappa shape index (κ2) is 8.30. The first kappa shape index (κ1) is 15.2. The molecule has 0 heterocycles. The Kier molecular flexibility index (Phi) is 6.65. The number of benzene rings is 1. The van der Waals surface area contributed by atoms with Crippen LogP contribution in [0.3, 0.4) is 0 Å². The Balaban J connectivity index is 2.50. The van der Waals surface area contributed by atoms with E-state index in [1.54, 1.807) is 0 Å². The average Bonchev–Trinajstić information content (AvgIpc) is 2.38. The Morgan fingerprint density at radius 3 is 2.63 bits per heavy atom. The van der Waals surface area contributed by atoms with Crippen LogP contribution in [0.15, 0.2) is 24.3 Å². The zero-order chi connectivity index (χ0) is 14.1. The predicted octanol–water partition coefficient (Wildman–Crippen LogP) is 0.565. The summed E-state index contributed by atoms with van der Waals surface area (Å²) < 4.78 is 0. The zero-order valence-electron chi connectivity index (χ0n) is 11.6. The molecule has 1 aromatic rings. The summed E-state index contributed by atoms with van der Waals surface area (Å²) in [5, 5.41) is 2.78. The van der Waals surface area contributed by atoms with Crippen molar-refractivity contribution in [3.63, 3.8) is 0 Å². The Labute approximate surface area is 115 Å². The van der Waals surface area contributed by atoms with Gasteiger partial charge in [0.1, 0.15) is 0 Å². The van der Waals surface area contributed by atoms with Crippen LogP contribution < -0.4 is 11.1 Å². The quantitative estimate of drug-likeness (QED) is 0.760. The molecular formula is C15H21N3O. The molecule has 4 heteroatoms. The standard InChI is InChI=1S/C15H21N3O/c1-3-17-15(19)12-18(2)11-14-8-6-13(7-9-14)5-4-10-16/h6-9H,3,10-12,16H2,1-2H3,(H,17,19). The highest BCUT2D eigenvalue weighted by Gasteiger charge is 2.05. The molecule has 0 aromatic heterocycles. The Bertz CT molecular complexity index is 457. The van der Waals surface area contributed by atoms with Crippen molar-refractivity contribution in [2.75, 3.05) is 26.7 Å². The molecule has 0 saturated carbocycles. The summed E-state index contributed by atoms with van der Waals surface area (Å²) in [6, 6.07) is 7.99. The molecule has 19 heavy (non-hydrogen) atoms. The fourth-order valence-electron chi connectivity index (χ4n) is 1.71. The highest BCUT2D eigenvalue weighted by molar-refractivity contribution is 5.77. The summed E-state index contributed by atoms with van der Waals surface area (Å²) >= 11 is 0. The van der Waals surface area contributed by atoms with Gasteiger partial charge < -0.3 is 11.1 Å². The van der Waals surface area contributed by atoms with Gasteiger partial charge in [-0.15, -0.1) is 0 Å². The largest absolute Gasteiger partial charge is 0.355 e. The number of rotatable bonds is 5. The number of hydrogen-bond donors (Lipinski definition) is 2. The highest BCUT2D eigenvalue weighted by Crippen LogP contribution is 2.05. The van der Waals surface area contributed by atoms with Gasteiger partial charge in [0, 0.05) is 18.7 Å². The smallest absolute Gasteiger partial charge is 0.234 e. The minimum absolute atomic E-state index is 0.0513. The minimum Gasteiger partial charge on any atom is -0.355 e. The van der Waals surface area contributed by atoms with E-state index in [1.165, 1.54) is 0 Å². The van der Waals surface area contributed by atoms with Crippen LogP contribution in [0.5, 0.6) is 0 Å². The third-order valence-corrected chi connectivity index (χ3v) is 2.53. The number of hydrogen-bond acceptors (Lipinski definition) is 3. The SMILES string of the molecule is CCNC(=O)CN(C)Cc1ccc(C#CCN)cc1. The molecule has 3 N–H and O–H groups in total. The maximum Gasteiger partial charge on any atom is 0.234 e. The summed E-state index contributed by atoms with van der Waals surface area (Å²) in [4.78, 5) is 13.4. The van der Waals surface area contributed by atoms with Gasteiger partial charge >= 0.3 is 0 Å². The third-order valence-electron chi connectivity index (χ3n) is 2.53. The average molecular weight is 259 g/mol. The van der Waals surface area contributed by atoms with Crippen molar-refractivity contribution < 1.29 is 4.79 Å². The summed E-state index contributed by atoms with van der Waals surface area (Å²) in [6.45, 7) is 4.10. The maximum atomic E-state index is 11.4. The zero-order valence-corrected chi connectivity index (χ0v) is 11.6. The molecule has 0 fully saturated rings. The van der Waals surface area contributed by atoms with Crippen molar-refractivity contribution in [2.24, 2.45) is 5.73 Å². The molecule has 0 bridgehead atoms. The Hall–Kier alpha value is -1.83. The fraction of sp³-hybridized carbons (Fsp3) is 0.400. The van der Waals surface area contributed by atoms with E-state index >= 15 is 0 Å². The van der Waals surface area contributed by atoms with E-state index in [2.05, 4.69) is 17.2 Å². The van der Waals surface area contributed by atoms with Crippen molar-refractivity contribution >= 4 is 5.91 Å². The van der Waals surface area contributed by atoms with E-state index in [9.17, 15) is 4.79 Å². The van der Waals surface area contributed by atoms with Gasteiger partial charge in [-0.1, -0.05) is 24.0 Å². The van der Waals surface area contributed by atoms with Gasteiger partial charge in [-0.2, -0.15) is 0 Å². The number of nitrogens with one attached hydrogen (secondary N) is 1. The second-order valence-electron chi connectivity index (χ2n) is 4.33.